The summed E-state index contributed by atoms with van der Waals surface area (Å²) in [6.07, 6.45) is 2.54. The van der Waals surface area contributed by atoms with E-state index in [9.17, 15) is 8.42 Å². The third-order valence-corrected chi connectivity index (χ3v) is 3.21. The molecule has 0 aliphatic rings. The minimum atomic E-state index is -3.32. The van der Waals surface area contributed by atoms with Gasteiger partial charge in [-0.15, -0.1) is 10.2 Å². The second-order valence-corrected chi connectivity index (χ2v) is 6.20. The molecule has 0 saturated carbocycles. The van der Waals surface area contributed by atoms with Crippen molar-refractivity contribution in [1.29, 1.82) is 5.26 Å². The van der Waals surface area contributed by atoms with E-state index in [1.54, 1.807) is 18.2 Å². The fourth-order valence-electron chi connectivity index (χ4n) is 1.68. The first-order valence-corrected chi connectivity index (χ1v) is 7.97. The van der Waals surface area contributed by atoms with E-state index in [-0.39, 0.29) is 11.4 Å². The van der Waals surface area contributed by atoms with Gasteiger partial charge in [0.25, 0.3) is 0 Å². The third kappa shape index (κ3) is 4.03. The molecule has 0 radical (unpaired) electrons. The fourth-order valence-corrected chi connectivity index (χ4v) is 2.23. The van der Waals surface area contributed by atoms with Gasteiger partial charge in [-0.2, -0.15) is 10.5 Å². The lowest BCUT2D eigenvalue weighted by Gasteiger charge is -2.09. The van der Waals surface area contributed by atoms with Crippen LogP contribution in [-0.2, 0) is 10.0 Å². The van der Waals surface area contributed by atoms with Crippen LogP contribution in [0.2, 0.25) is 0 Å². The number of allylic oxidation sites excluding steroid dienone is 1. The number of hydrogen-bond donors (Lipinski definition) is 3. The number of rotatable bonds is 5. The van der Waals surface area contributed by atoms with Crippen LogP contribution in [0.15, 0.2) is 24.4 Å². The van der Waals surface area contributed by atoms with Crippen molar-refractivity contribution in [2.45, 2.75) is 6.92 Å². The zero-order valence-electron chi connectivity index (χ0n) is 11.8. The van der Waals surface area contributed by atoms with Crippen LogP contribution in [-0.4, -0.2) is 35.3 Å². The first-order chi connectivity index (χ1) is 10.4. The molecule has 0 aliphatic carbocycles. The Morgan fingerprint density at radius 1 is 1.45 bits per heavy atom. The van der Waals surface area contributed by atoms with Gasteiger partial charge < -0.3 is 5.32 Å². The van der Waals surface area contributed by atoms with Gasteiger partial charge in [-0.05, 0) is 35.9 Å². The van der Waals surface area contributed by atoms with Gasteiger partial charge in [0.1, 0.15) is 11.6 Å². The number of anilines is 2. The molecule has 1 aromatic heterocycles. The molecular weight excluding hydrogens is 306 g/mol. The van der Waals surface area contributed by atoms with Crippen molar-refractivity contribution in [3.05, 3.63) is 35.8 Å². The summed E-state index contributed by atoms with van der Waals surface area (Å²) in [6, 6.07) is 6.95. The van der Waals surface area contributed by atoms with E-state index in [0.29, 0.717) is 5.69 Å². The Morgan fingerprint density at radius 3 is 2.77 bits per heavy atom. The fraction of sp³-hybridized carbons (Fsp3) is 0.167. The predicted molar refractivity (Wildman–Crippen MR) is 81.0 cm³/mol. The van der Waals surface area contributed by atoms with E-state index in [0.717, 1.165) is 17.5 Å². The van der Waals surface area contributed by atoms with Gasteiger partial charge in [0.15, 0.2) is 0 Å². The normalized spacial score (nSPS) is 11.8. The molecule has 2 aromatic rings. The number of aryl methyl sites for hydroxylation is 1. The number of sulfonamides is 1. The van der Waals surface area contributed by atoms with Crippen LogP contribution in [0, 0.1) is 18.3 Å². The van der Waals surface area contributed by atoms with Crippen LogP contribution in [0.3, 0.4) is 0 Å². The topological polar surface area (TPSA) is 136 Å². The number of hydrogen-bond acceptors (Lipinski definition) is 7. The molecule has 1 heterocycles. The van der Waals surface area contributed by atoms with Crippen LogP contribution in [0.25, 0.3) is 5.57 Å². The standard InChI is InChI=1S/C12H13N7O2S/c1-8-5-10(17-22(2,20)21)3-4-11(8)14-7-9(6-13)12-15-18-19-16-12/h3-5,7,14,17H,1-2H3,(H,15,16,18,19). The molecule has 0 fully saturated rings. The minimum absolute atomic E-state index is 0.183. The maximum absolute atomic E-state index is 11.2. The summed E-state index contributed by atoms with van der Waals surface area (Å²) in [5.41, 5.74) is 2.20. The third-order valence-electron chi connectivity index (χ3n) is 2.61. The van der Waals surface area contributed by atoms with E-state index in [1.165, 1.54) is 6.20 Å². The molecule has 0 atom stereocenters. The van der Waals surface area contributed by atoms with E-state index >= 15 is 0 Å². The summed E-state index contributed by atoms with van der Waals surface area (Å²) in [4.78, 5) is 0. The molecule has 1 aromatic carbocycles. The van der Waals surface area contributed by atoms with Crippen LogP contribution in [0.1, 0.15) is 11.4 Å². The van der Waals surface area contributed by atoms with Crippen LogP contribution in [0.5, 0.6) is 0 Å². The zero-order valence-corrected chi connectivity index (χ0v) is 12.6. The first-order valence-electron chi connectivity index (χ1n) is 6.08. The molecule has 10 heteroatoms. The number of nitriles is 1. The Kier molecular flexibility index (Phi) is 4.38. The highest BCUT2D eigenvalue weighted by molar-refractivity contribution is 7.92. The quantitative estimate of drug-likeness (QED) is 0.695. The summed E-state index contributed by atoms with van der Waals surface area (Å²) < 4.78 is 24.8. The Bertz CT molecular complexity index is 835. The molecule has 22 heavy (non-hydrogen) atoms. The van der Waals surface area contributed by atoms with E-state index < -0.39 is 10.0 Å². The average Bonchev–Trinajstić information content (AvgIpc) is 2.94. The van der Waals surface area contributed by atoms with Gasteiger partial charge in [-0.25, -0.2) is 8.42 Å². The summed E-state index contributed by atoms with van der Waals surface area (Å²) in [6.45, 7) is 1.81. The number of nitrogens with zero attached hydrogens (tertiary/aromatic N) is 4. The van der Waals surface area contributed by atoms with Crippen molar-refractivity contribution >= 4 is 27.0 Å². The maximum atomic E-state index is 11.2. The minimum Gasteiger partial charge on any atom is -0.360 e. The van der Waals surface area contributed by atoms with Crippen LogP contribution >= 0.6 is 0 Å². The monoisotopic (exact) mass is 319 g/mol. The lowest BCUT2D eigenvalue weighted by Crippen LogP contribution is -2.09. The first kappa shape index (κ1) is 15.5. The molecule has 0 aliphatic heterocycles. The lowest BCUT2D eigenvalue weighted by atomic mass is 10.2. The molecule has 114 valence electrons. The number of benzene rings is 1. The Morgan fingerprint density at radius 2 is 2.23 bits per heavy atom. The SMILES string of the molecule is Cc1cc(NS(C)(=O)=O)ccc1NC=C(C#N)c1nn[nH]n1. The predicted octanol–water partition coefficient (Wildman–Crippen LogP) is 0.856. The van der Waals surface area contributed by atoms with Crippen molar-refractivity contribution < 1.29 is 8.42 Å². The van der Waals surface area contributed by atoms with Gasteiger partial charge in [0.05, 0.1) is 6.26 Å². The van der Waals surface area contributed by atoms with Crippen LogP contribution < -0.4 is 10.0 Å². The zero-order chi connectivity index (χ0) is 16.2. The highest BCUT2D eigenvalue weighted by atomic mass is 32.2. The van der Waals surface area contributed by atoms with Gasteiger partial charge in [0, 0.05) is 17.6 Å². The molecule has 9 nitrogen and oxygen atoms in total. The second kappa shape index (κ2) is 6.23. The Hall–Kier alpha value is -2.93. The molecular formula is C12H13N7O2S. The maximum Gasteiger partial charge on any atom is 0.229 e. The highest BCUT2D eigenvalue weighted by Gasteiger charge is 2.07. The lowest BCUT2D eigenvalue weighted by molar-refractivity contribution is 0.607. The number of aromatic nitrogens is 4. The summed E-state index contributed by atoms with van der Waals surface area (Å²) >= 11 is 0. The number of aromatic amines is 1. The summed E-state index contributed by atoms with van der Waals surface area (Å²) in [7, 11) is -3.32. The Labute approximate surface area is 127 Å². The summed E-state index contributed by atoms with van der Waals surface area (Å²) in [5.74, 6) is 0.183. The van der Waals surface area contributed by atoms with Gasteiger partial charge in [-0.3, -0.25) is 4.72 Å². The molecule has 0 unspecified atom stereocenters. The number of nitrogens with one attached hydrogen (secondary N) is 3. The molecule has 0 amide bonds. The van der Waals surface area contributed by atoms with Gasteiger partial charge >= 0.3 is 0 Å². The van der Waals surface area contributed by atoms with Crippen molar-refractivity contribution in [3.8, 4) is 6.07 Å². The molecule has 0 spiro atoms. The van der Waals surface area contributed by atoms with E-state index in [4.69, 9.17) is 5.26 Å². The molecule has 2 rings (SSSR count). The average molecular weight is 319 g/mol. The van der Waals surface area contributed by atoms with Crippen molar-refractivity contribution in [2.24, 2.45) is 0 Å². The Balaban J connectivity index is 2.19. The highest BCUT2D eigenvalue weighted by Crippen LogP contribution is 2.21. The van der Waals surface area contributed by atoms with Crippen molar-refractivity contribution in [1.82, 2.24) is 20.6 Å². The summed E-state index contributed by atoms with van der Waals surface area (Å²) in [5, 5.41) is 25.1. The molecule has 0 saturated heterocycles. The molecule has 0 bridgehead atoms. The smallest absolute Gasteiger partial charge is 0.229 e. The van der Waals surface area contributed by atoms with Gasteiger partial charge in [0.2, 0.25) is 15.8 Å². The van der Waals surface area contributed by atoms with Crippen molar-refractivity contribution in [2.75, 3.05) is 16.3 Å². The van der Waals surface area contributed by atoms with Crippen LogP contribution in [0.4, 0.5) is 11.4 Å². The second-order valence-electron chi connectivity index (χ2n) is 4.45. The van der Waals surface area contributed by atoms with Crippen molar-refractivity contribution in [3.63, 3.8) is 0 Å². The molecule has 3 N–H and O–H groups in total. The van der Waals surface area contributed by atoms with E-state index in [2.05, 4.69) is 30.7 Å². The van der Waals surface area contributed by atoms with E-state index in [1.807, 2.05) is 13.0 Å². The van der Waals surface area contributed by atoms with Gasteiger partial charge in [-0.1, -0.05) is 0 Å². The largest absolute Gasteiger partial charge is 0.360 e. The number of H-pyrrole nitrogens is 1. The number of tetrazole rings is 1.